The number of aromatic nitrogens is 1. The van der Waals surface area contributed by atoms with Crippen molar-refractivity contribution in [1.82, 2.24) is 15.2 Å². The number of nitrogens with zero attached hydrogens (tertiary/aromatic N) is 2. The highest BCUT2D eigenvalue weighted by atomic mass is 16.6. The zero-order valence-electron chi connectivity index (χ0n) is 23.8. The molecule has 0 spiro atoms. The van der Waals surface area contributed by atoms with Crippen molar-refractivity contribution in [3.63, 3.8) is 0 Å². The van der Waals surface area contributed by atoms with Gasteiger partial charge in [-0.25, -0.2) is 9.78 Å². The molecule has 208 valence electrons. The smallest absolute Gasteiger partial charge is 0.349 e. The minimum atomic E-state index is -1.11. The monoisotopic (exact) mass is 533 g/mol. The SMILES string of the molecule is CCOC(=O)C(C)(C)Oc1c(C)cc(CN(CC(=O)NC2CC2)Cc2nc(-c3ccccc3)oc2C)cc1C. The quantitative estimate of drug-likeness (QED) is 0.317. The van der Waals surface area contributed by atoms with Crippen LogP contribution >= 0.6 is 0 Å². The average molecular weight is 534 g/mol. The summed E-state index contributed by atoms with van der Waals surface area (Å²) in [5.41, 5.74) is 3.47. The van der Waals surface area contributed by atoms with Gasteiger partial charge in [-0.15, -0.1) is 0 Å². The highest BCUT2D eigenvalue weighted by Crippen LogP contribution is 2.30. The van der Waals surface area contributed by atoms with E-state index in [0.29, 0.717) is 37.4 Å². The second-order valence-electron chi connectivity index (χ2n) is 10.8. The third-order valence-corrected chi connectivity index (χ3v) is 6.65. The number of aryl methyl sites for hydroxylation is 3. The molecule has 0 saturated heterocycles. The predicted octanol–water partition coefficient (Wildman–Crippen LogP) is 5.27. The molecular weight excluding hydrogens is 494 g/mol. The molecule has 1 aliphatic carbocycles. The molecule has 0 aliphatic heterocycles. The molecule has 0 atom stereocenters. The van der Waals surface area contributed by atoms with Crippen LogP contribution in [-0.2, 0) is 27.4 Å². The summed E-state index contributed by atoms with van der Waals surface area (Å²) in [6.07, 6.45) is 2.08. The van der Waals surface area contributed by atoms with Gasteiger partial charge in [0.2, 0.25) is 11.8 Å². The second-order valence-corrected chi connectivity index (χ2v) is 10.8. The summed E-state index contributed by atoms with van der Waals surface area (Å²) in [6, 6.07) is 14.2. The zero-order valence-corrected chi connectivity index (χ0v) is 23.8. The van der Waals surface area contributed by atoms with E-state index in [9.17, 15) is 9.59 Å². The molecule has 1 aromatic heterocycles. The van der Waals surface area contributed by atoms with Crippen molar-refractivity contribution >= 4 is 11.9 Å². The standard InChI is InChI=1S/C31H39N3O5/c1-7-37-30(36)31(5,6)39-28-20(2)15-23(16-21(28)3)17-34(19-27(35)32-25-13-14-25)18-26-22(4)38-29(33-26)24-11-9-8-10-12-24/h8-12,15-16,25H,7,13-14,17-19H2,1-6H3,(H,32,35). The number of ether oxygens (including phenoxy) is 2. The van der Waals surface area contributed by atoms with Gasteiger partial charge in [-0.1, -0.05) is 30.3 Å². The molecule has 0 unspecified atom stereocenters. The van der Waals surface area contributed by atoms with Crippen molar-refractivity contribution in [2.45, 2.75) is 79.1 Å². The van der Waals surface area contributed by atoms with E-state index in [4.69, 9.17) is 18.9 Å². The summed E-state index contributed by atoms with van der Waals surface area (Å²) in [7, 11) is 0. The van der Waals surface area contributed by atoms with Crippen LogP contribution in [0.25, 0.3) is 11.5 Å². The first kappa shape index (κ1) is 28.4. The van der Waals surface area contributed by atoms with Crippen LogP contribution in [0.1, 0.15) is 61.8 Å². The number of carbonyl (C=O) groups excluding carboxylic acids is 2. The van der Waals surface area contributed by atoms with Crippen molar-refractivity contribution < 1.29 is 23.5 Å². The van der Waals surface area contributed by atoms with E-state index in [1.165, 1.54) is 0 Å². The largest absolute Gasteiger partial charge is 0.476 e. The summed E-state index contributed by atoms with van der Waals surface area (Å²) in [6.45, 7) is 12.6. The van der Waals surface area contributed by atoms with E-state index >= 15 is 0 Å². The third-order valence-electron chi connectivity index (χ3n) is 6.65. The fourth-order valence-electron chi connectivity index (χ4n) is 4.51. The Bertz CT molecular complexity index is 1290. The van der Waals surface area contributed by atoms with Gasteiger partial charge in [-0.05, 0) is 83.2 Å². The molecule has 1 amide bonds. The molecule has 0 radical (unpaired) electrons. The Kier molecular flexibility index (Phi) is 8.75. The molecule has 4 rings (SSSR count). The van der Waals surface area contributed by atoms with Gasteiger partial charge in [0.15, 0.2) is 5.60 Å². The Balaban J connectivity index is 1.54. The minimum Gasteiger partial charge on any atom is -0.476 e. The first-order valence-corrected chi connectivity index (χ1v) is 13.6. The summed E-state index contributed by atoms with van der Waals surface area (Å²) in [5, 5.41) is 3.09. The summed E-state index contributed by atoms with van der Waals surface area (Å²) < 4.78 is 17.3. The van der Waals surface area contributed by atoms with Crippen LogP contribution in [0.2, 0.25) is 0 Å². The molecule has 39 heavy (non-hydrogen) atoms. The number of amides is 1. The molecule has 1 aliphatic rings. The third kappa shape index (κ3) is 7.47. The molecule has 2 aromatic carbocycles. The van der Waals surface area contributed by atoms with Gasteiger partial charge < -0.3 is 19.2 Å². The maximum Gasteiger partial charge on any atom is 0.349 e. The molecule has 0 bridgehead atoms. The van der Waals surface area contributed by atoms with Crippen LogP contribution in [0.4, 0.5) is 0 Å². The van der Waals surface area contributed by atoms with Crippen molar-refractivity contribution in [2.24, 2.45) is 0 Å². The lowest BCUT2D eigenvalue weighted by atomic mass is 10.0. The Morgan fingerprint density at radius 1 is 1.08 bits per heavy atom. The van der Waals surface area contributed by atoms with E-state index in [2.05, 4.69) is 10.2 Å². The van der Waals surface area contributed by atoms with Crippen LogP contribution in [-0.4, -0.2) is 46.6 Å². The number of benzene rings is 2. The van der Waals surface area contributed by atoms with Crippen LogP contribution in [0, 0.1) is 20.8 Å². The lowest BCUT2D eigenvalue weighted by Gasteiger charge is -2.27. The Labute approximate surface area is 230 Å². The number of oxazole rings is 1. The van der Waals surface area contributed by atoms with E-state index in [1.807, 2.05) is 63.2 Å². The fourth-order valence-corrected chi connectivity index (χ4v) is 4.51. The lowest BCUT2D eigenvalue weighted by Crippen LogP contribution is -2.40. The predicted molar refractivity (Wildman–Crippen MR) is 149 cm³/mol. The van der Waals surface area contributed by atoms with Gasteiger partial charge in [-0.3, -0.25) is 9.69 Å². The molecule has 8 heteroatoms. The molecule has 3 aromatic rings. The molecule has 1 fully saturated rings. The Hall–Kier alpha value is -3.65. The summed E-state index contributed by atoms with van der Waals surface area (Å²) in [4.78, 5) is 32.0. The molecular formula is C31H39N3O5. The van der Waals surface area contributed by atoms with Crippen molar-refractivity contribution in [3.05, 3.63) is 70.6 Å². The average Bonchev–Trinajstić information content (AvgIpc) is 3.62. The minimum absolute atomic E-state index is 0.00603. The van der Waals surface area contributed by atoms with Crippen LogP contribution < -0.4 is 10.1 Å². The van der Waals surface area contributed by atoms with Gasteiger partial charge in [0.1, 0.15) is 11.5 Å². The highest BCUT2D eigenvalue weighted by molar-refractivity contribution is 5.79. The number of esters is 1. The van der Waals surface area contributed by atoms with Crippen LogP contribution in [0.3, 0.4) is 0 Å². The summed E-state index contributed by atoms with van der Waals surface area (Å²) >= 11 is 0. The Morgan fingerprint density at radius 2 is 1.74 bits per heavy atom. The van der Waals surface area contributed by atoms with E-state index in [0.717, 1.165) is 46.5 Å². The van der Waals surface area contributed by atoms with Crippen molar-refractivity contribution in [1.29, 1.82) is 0 Å². The van der Waals surface area contributed by atoms with E-state index in [-0.39, 0.29) is 12.5 Å². The zero-order chi connectivity index (χ0) is 28.2. The second kappa shape index (κ2) is 12.0. The van der Waals surface area contributed by atoms with Crippen LogP contribution in [0.5, 0.6) is 5.75 Å². The molecule has 1 heterocycles. The molecule has 1 saturated carbocycles. The van der Waals surface area contributed by atoms with Crippen LogP contribution in [0.15, 0.2) is 46.9 Å². The van der Waals surface area contributed by atoms with Gasteiger partial charge in [0.05, 0.1) is 18.8 Å². The first-order chi connectivity index (χ1) is 18.6. The lowest BCUT2D eigenvalue weighted by molar-refractivity contribution is -0.158. The molecule has 8 nitrogen and oxygen atoms in total. The number of hydrogen-bond donors (Lipinski definition) is 1. The maximum absolute atomic E-state index is 12.8. The topological polar surface area (TPSA) is 93.9 Å². The number of rotatable bonds is 12. The fraction of sp³-hybridized carbons (Fsp3) is 0.452. The number of hydrogen-bond acceptors (Lipinski definition) is 7. The first-order valence-electron chi connectivity index (χ1n) is 13.6. The Morgan fingerprint density at radius 3 is 2.36 bits per heavy atom. The number of nitrogens with one attached hydrogen (secondary N) is 1. The van der Waals surface area contributed by atoms with Gasteiger partial charge in [0, 0.05) is 24.7 Å². The molecule has 1 N–H and O–H groups in total. The van der Waals surface area contributed by atoms with Crippen molar-refractivity contribution in [3.8, 4) is 17.2 Å². The summed E-state index contributed by atoms with van der Waals surface area (Å²) in [5.74, 6) is 1.57. The van der Waals surface area contributed by atoms with E-state index in [1.54, 1.807) is 20.8 Å². The van der Waals surface area contributed by atoms with E-state index < -0.39 is 11.6 Å². The van der Waals surface area contributed by atoms with Gasteiger partial charge in [0.25, 0.3) is 0 Å². The number of carbonyl (C=O) groups is 2. The van der Waals surface area contributed by atoms with Gasteiger partial charge in [-0.2, -0.15) is 0 Å². The maximum atomic E-state index is 12.8. The highest BCUT2D eigenvalue weighted by Gasteiger charge is 2.33. The normalized spacial score (nSPS) is 13.4. The van der Waals surface area contributed by atoms with Crippen molar-refractivity contribution in [2.75, 3.05) is 13.2 Å². The van der Waals surface area contributed by atoms with Gasteiger partial charge >= 0.3 is 5.97 Å².